The second-order valence-electron chi connectivity index (χ2n) is 9.47. The molecule has 0 spiro atoms. The van der Waals surface area contributed by atoms with Crippen molar-refractivity contribution in [1.82, 2.24) is 34.8 Å². The highest BCUT2D eigenvalue weighted by molar-refractivity contribution is 7.99. The first-order chi connectivity index (χ1) is 18.1. The maximum Gasteiger partial charge on any atom is 0.191 e. The second kappa shape index (κ2) is 10.4. The molecule has 6 rings (SSSR count). The number of nitrogens with zero attached hydrogens (tertiary/aromatic N) is 7. The van der Waals surface area contributed by atoms with Crippen molar-refractivity contribution in [2.24, 2.45) is 7.05 Å². The van der Waals surface area contributed by atoms with Gasteiger partial charge in [-0.2, -0.15) is 0 Å². The SMILES string of the molecule is Cc1cc(-c2ccc3c(c2)CCN(CCCSc2nnc(-c4ccc5nccnc5c4)n2C)CC3)no1. The average Bonchev–Trinajstić information content (AvgIpc) is 3.46. The molecule has 37 heavy (non-hydrogen) atoms. The Bertz CT molecular complexity index is 1540. The highest BCUT2D eigenvalue weighted by atomic mass is 32.2. The Morgan fingerprint density at radius 1 is 0.892 bits per heavy atom. The molecule has 9 heteroatoms. The summed E-state index contributed by atoms with van der Waals surface area (Å²) in [6.45, 7) is 5.20. The number of thioether (sulfide) groups is 1. The van der Waals surface area contributed by atoms with Gasteiger partial charge in [0.15, 0.2) is 11.0 Å². The molecule has 0 N–H and O–H groups in total. The lowest BCUT2D eigenvalue weighted by molar-refractivity contribution is 0.289. The molecule has 1 aliphatic heterocycles. The van der Waals surface area contributed by atoms with E-state index in [0.29, 0.717) is 0 Å². The van der Waals surface area contributed by atoms with Crippen LogP contribution in [0.25, 0.3) is 33.7 Å². The minimum atomic E-state index is 0.843. The zero-order valence-corrected chi connectivity index (χ0v) is 21.9. The fourth-order valence-electron chi connectivity index (χ4n) is 4.90. The summed E-state index contributed by atoms with van der Waals surface area (Å²) in [6.07, 6.45) is 6.68. The topological polar surface area (TPSA) is 85.8 Å². The maximum absolute atomic E-state index is 5.26. The van der Waals surface area contributed by atoms with Crippen LogP contribution in [0, 0.1) is 6.92 Å². The van der Waals surface area contributed by atoms with Crippen LogP contribution in [0.4, 0.5) is 0 Å². The number of hydrogen-bond donors (Lipinski definition) is 0. The van der Waals surface area contributed by atoms with Crippen LogP contribution in [0.15, 0.2) is 64.5 Å². The van der Waals surface area contributed by atoms with Crippen molar-refractivity contribution in [3.8, 4) is 22.6 Å². The molecule has 2 aromatic carbocycles. The van der Waals surface area contributed by atoms with Gasteiger partial charge in [0.05, 0.1) is 11.0 Å². The van der Waals surface area contributed by atoms with Crippen LogP contribution in [0.2, 0.25) is 0 Å². The van der Waals surface area contributed by atoms with Crippen LogP contribution >= 0.6 is 11.8 Å². The van der Waals surface area contributed by atoms with Gasteiger partial charge in [-0.15, -0.1) is 10.2 Å². The molecule has 0 unspecified atom stereocenters. The van der Waals surface area contributed by atoms with Gasteiger partial charge in [0.25, 0.3) is 0 Å². The molecule has 0 fully saturated rings. The Morgan fingerprint density at radius 2 is 1.70 bits per heavy atom. The van der Waals surface area contributed by atoms with E-state index >= 15 is 0 Å². The predicted octanol–water partition coefficient (Wildman–Crippen LogP) is 4.97. The van der Waals surface area contributed by atoms with Gasteiger partial charge < -0.3 is 14.0 Å². The van der Waals surface area contributed by atoms with E-state index in [2.05, 4.69) is 53.0 Å². The fourth-order valence-corrected chi connectivity index (χ4v) is 5.74. The van der Waals surface area contributed by atoms with E-state index in [-0.39, 0.29) is 0 Å². The smallest absolute Gasteiger partial charge is 0.191 e. The van der Waals surface area contributed by atoms with E-state index in [1.54, 1.807) is 24.2 Å². The van der Waals surface area contributed by atoms with Crippen LogP contribution < -0.4 is 0 Å². The van der Waals surface area contributed by atoms with Crippen LogP contribution in [0.1, 0.15) is 23.3 Å². The number of rotatable bonds is 7. The molecule has 0 saturated carbocycles. The molecular formula is C28H29N7OS. The Hall–Kier alpha value is -3.56. The third-order valence-electron chi connectivity index (χ3n) is 6.94. The Balaban J connectivity index is 1.02. The van der Waals surface area contributed by atoms with Gasteiger partial charge in [-0.05, 0) is 68.1 Å². The highest BCUT2D eigenvalue weighted by Crippen LogP contribution is 2.27. The summed E-state index contributed by atoms with van der Waals surface area (Å²) in [6, 6.07) is 14.8. The molecule has 188 valence electrons. The van der Waals surface area contributed by atoms with Crippen molar-refractivity contribution in [2.75, 3.05) is 25.4 Å². The number of aromatic nitrogens is 6. The van der Waals surface area contributed by atoms with Crippen LogP contribution in [0.5, 0.6) is 0 Å². The zero-order valence-electron chi connectivity index (χ0n) is 21.1. The van der Waals surface area contributed by atoms with Gasteiger partial charge in [0, 0.05) is 55.5 Å². The number of aryl methyl sites for hydroxylation is 1. The summed E-state index contributed by atoms with van der Waals surface area (Å²) < 4.78 is 7.33. The molecule has 0 saturated heterocycles. The van der Waals surface area contributed by atoms with E-state index < -0.39 is 0 Å². The molecule has 3 aromatic heterocycles. The van der Waals surface area contributed by atoms with Gasteiger partial charge >= 0.3 is 0 Å². The van der Waals surface area contributed by atoms with Gasteiger partial charge in [0.1, 0.15) is 11.5 Å². The van der Waals surface area contributed by atoms with Crippen molar-refractivity contribution < 1.29 is 4.52 Å². The van der Waals surface area contributed by atoms with Crippen molar-refractivity contribution in [1.29, 1.82) is 0 Å². The molecule has 0 atom stereocenters. The lowest BCUT2D eigenvalue weighted by Crippen LogP contribution is -2.27. The molecular weight excluding hydrogens is 482 g/mol. The maximum atomic E-state index is 5.26. The molecule has 5 aromatic rings. The summed E-state index contributed by atoms with van der Waals surface area (Å²) >= 11 is 1.77. The quantitative estimate of drug-likeness (QED) is 0.224. The van der Waals surface area contributed by atoms with Crippen molar-refractivity contribution in [2.45, 2.75) is 31.3 Å². The Labute approximate surface area is 220 Å². The number of benzene rings is 2. The molecule has 0 aliphatic carbocycles. The number of hydrogen-bond acceptors (Lipinski definition) is 8. The Morgan fingerprint density at radius 3 is 2.54 bits per heavy atom. The van der Waals surface area contributed by atoms with E-state index in [0.717, 1.165) is 89.2 Å². The van der Waals surface area contributed by atoms with Crippen LogP contribution in [-0.2, 0) is 19.9 Å². The third-order valence-corrected chi connectivity index (χ3v) is 8.04. The number of fused-ring (bicyclic) bond motifs is 2. The minimum absolute atomic E-state index is 0.843. The van der Waals surface area contributed by atoms with E-state index in [4.69, 9.17) is 4.52 Å². The highest BCUT2D eigenvalue weighted by Gasteiger charge is 2.16. The Kier molecular flexibility index (Phi) is 6.72. The second-order valence-corrected chi connectivity index (χ2v) is 10.5. The largest absolute Gasteiger partial charge is 0.361 e. The van der Waals surface area contributed by atoms with E-state index in [9.17, 15) is 0 Å². The first-order valence-corrected chi connectivity index (χ1v) is 13.6. The summed E-state index contributed by atoms with van der Waals surface area (Å²) in [5.41, 5.74) is 7.68. The molecule has 0 radical (unpaired) electrons. The van der Waals surface area contributed by atoms with Crippen LogP contribution in [-0.4, -0.2) is 60.2 Å². The lowest BCUT2D eigenvalue weighted by Gasteiger charge is -2.19. The summed E-state index contributed by atoms with van der Waals surface area (Å²) in [7, 11) is 2.03. The first kappa shape index (κ1) is 23.8. The van der Waals surface area contributed by atoms with Gasteiger partial charge in [-0.1, -0.05) is 29.1 Å². The molecule has 4 heterocycles. The molecule has 8 nitrogen and oxygen atoms in total. The molecule has 0 amide bonds. The summed E-state index contributed by atoms with van der Waals surface area (Å²) in [5, 5.41) is 14.0. The summed E-state index contributed by atoms with van der Waals surface area (Å²) in [4.78, 5) is 11.3. The van der Waals surface area contributed by atoms with Crippen molar-refractivity contribution >= 4 is 22.8 Å². The first-order valence-electron chi connectivity index (χ1n) is 12.7. The van der Waals surface area contributed by atoms with Crippen molar-refractivity contribution in [3.63, 3.8) is 0 Å². The zero-order chi connectivity index (χ0) is 25.2. The van der Waals surface area contributed by atoms with Gasteiger partial charge in [0.2, 0.25) is 0 Å². The summed E-state index contributed by atoms with van der Waals surface area (Å²) in [5.74, 6) is 2.70. The monoisotopic (exact) mass is 511 g/mol. The standard InChI is InChI=1S/C28H29N7OS/c1-19-16-25(33-36-19)22-5-4-20-8-13-35(14-9-21(20)17-22)12-3-15-37-28-32-31-27(34(28)2)23-6-7-24-26(18-23)30-11-10-29-24/h4-7,10-11,16-18H,3,8-9,12-15H2,1-2H3. The van der Waals surface area contributed by atoms with E-state index in [1.807, 2.05) is 38.2 Å². The van der Waals surface area contributed by atoms with Crippen LogP contribution in [0.3, 0.4) is 0 Å². The van der Waals surface area contributed by atoms with E-state index in [1.165, 1.54) is 11.1 Å². The van der Waals surface area contributed by atoms with Crippen molar-refractivity contribution in [3.05, 3.63) is 71.7 Å². The molecule has 1 aliphatic rings. The molecule has 0 bridgehead atoms. The third kappa shape index (κ3) is 5.14. The fraction of sp³-hybridized carbons (Fsp3) is 0.321. The predicted molar refractivity (Wildman–Crippen MR) is 145 cm³/mol. The van der Waals surface area contributed by atoms with Gasteiger partial charge in [-0.25, -0.2) is 0 Å². The lowest BCUT2D eigenvalue weighted by atomic mass is 9.99. The minimum Gasteiger partial charge on any atom is -0.361 e. The van der Waals surface area contributed by atoms with Gasteiger partial charge in [-0.3, -0.25) is 9.97 Å². The normalized spacial score (nSPS) is 14.1. The average molecular weight is 512 g/mol.